The minimum Gasteiger partial charge on any atom is -0.489 e. The van der Waals surface area contributed by atoms with Crippen LogP contribution in [0.15, 0.2) is 47.0 Å². The third-order valence-electron chi connectivity index (χ3n) is 4.63. The minimum absolute atomic E-state index is 0.112. The molecule has 0 fully saturated rings. The van der Waals surface area contributed by atoms with Gasteiger partial charge in [-0.05, 0) is 48.4 Å². The summed E-state index contributed by atoms with van der Waals surface area (Å²) in [6.45, 7) is 6.18. The van der Waals surface area contributed by atoms with Crippen molar-refractivity contribution in [2.24, 2.45) is 0 Å². The van der Waals surface area contributed by atoms with Crippen molar-refractivity contribution in [2.45, 2.75) is 46.1 Å². The van der Waals surface area contributed by atoms with Gasteiger partial charge in [0.2, 0.25) is 11.8 Å². The summed E-state index contributed by atoms with van der Waals surface area (Å²) < 4.78 is 10.8. The van der Waals surface area contributed by atoms with Gasteiger partial charge in [-0.15, -0.1) is 0 Å². The number of nitrogens with zero attached hydrogens (tertiary/aromatic N) is 2. The summed E-state index contributed by atoms with van der Waals surface area (Å²) in [5.74, 6) is 1.09. The number of hydrogen-bond donors (Lipinski definition) is 2. The first-order valence-electron chi connectivity index (χ1n) is 10.2. The van der Waals surface area contributed by atoms with Crippen molar-refractivity contribution in [1.82, 2.24) is 21.0 Å². The van der Waals surface area contributed by atoms with Gasteiger partial charge in [-0.25, -0.2) is 0 Å². The molecule has 32 heavy (non-hydrogen) atoms. The first-order chi connectivity index (χ1) is 15.3. The van der Waals surface area contributed by atoms with Crippen LogP contribution in [0.1, 0.15) is 59.4 Å². The number of ether oxygens (including phenoxy) is 1. The molecule has 0 aliphatic carbocycles. The molecule has 2 aromatic carbocycles. The van der Waals surface area contributed by atoms with Crippen molar-refractivity contribution in [3.8, 4) is 5.75 Å². The largest absolute Gasteiger partial charge is 0.489 e. The van der Waals surface area contributed by atoms with Crippen LogP contribution in [-0.4, -0.2) is 22.0 Å². The predicted octanol–water partition coefficient (Wildman–Crippen LogP) is 4.13. The lowest BCUT2D eigenvalue weighted by molar-refractivity contribution is -0.121. The van der Waals surface area contributed by atoms with Crippen molar-refractivity contribution >= 4 is 23.4 Å². The van der Waals surface area contributed by atoms with Gasteiger partial charge in [0.25, 0.3) is 5.91 Å². The Morgan fingerprint density at radius 3 is 2.53 bits per heavy atom. The number of carbonyl (C=O) groups is 2. The number of nitrogens with one attached hydrogen (secondary N) is 2. The summed E-state index contributed by atoms with van der Waals surface area (Å²) in [6.07, 6.45) is 0.406. The van der Waals surface area contributed by atoms with Gasteiger partial charge in [0, 0.05) is 29.3 Å². The number of hydrogen-bond acceptors (Lipinski definition) is 6. The molecule has 0 saturated heterocycles. The topological polar surface area (TPSA) is 106 Å². The molecule has 0 atom stereocenters. The average molecular weight is 457 g/mol. The van der Waals surface area contributed by atoms with Crippen molar-refractivity contribution in [3.05, 3.63) is 75.9 Å². The zero-order valence-corrected chi connectivity index (χ0v) is 18.9. The van der Waals surface area contributed by atoms with Gasteiger partial charge in [0.1, 0.15) is 12.4 Å². The molecule has 2 amide bonds. The van der Waals surface area contributed by atoms with E-state index in [-0.39, 0.29) is 18.2 Å². The first-order valence-corrected chi connectivity index (χ1v) is 10.6. The van der Waals surface area contributed by atoms with Gasteiger partial charge in [-0.1, -0.05) is 42.7 Å². The van der Waals surface area contributed by atoms with E-state index in [2.05, 4.69) is 21.0 Å². The SMILES string of the molecule is Cc1cc(OCc2ccc(C(=O)NNC(=O)CCc3nc(C(C)C)no3)cc2)ccc1Cl. The Morgan fingerprint density at radius 1 is 1.12 bits per heavy atom. The lowest BCUT2D eigenvalue weighted by atomic mass is 10.1. The fourth-order valence-electron chi connectivity index (χ4n) is 2.71. The van der Waals surface area contributed by atoms with Gasteiger partial charge < -0.3 is 9.26 Å². The standard InChI is InChI=1S/C23H25ClN4O4/c1-14(2)22-25-21(32-28-22)11-10-20(29)26-27-23(30)17-6-4-16(5-7-17)13-31-18-8-9-19(24)15(3)12-18/h4-9,12,14H,10-11,13H2,1-3H3,(H,26,29)(H,27,30). The van der Waals surface area contributed by atoms with Crippen molar-refractivity contribution in [1.29, 1.82) is 0 Å². The van der Waals surface area contributed by atoms with Gasteiger partial charge in [0.05, 0.1) is 0 Å². The van der Waals surface area contributed by atoms with Gasteiger partial charge in [0.15, 0.2) is 5.82 Å². The number of benzene rings is 2. The molecule has 9 heteroatoms. The zero-order chi connectivity index (χ0) is 23.1. The quantitative estimate of drug-likeness (QED) is 0.493. The lowest BCUT2D eigenvalue weighted by Gasteiger charge is -2.09. The van der Waals surface area contributed by atoms with Crippen molar-refractivity contribution in [2.75, 3.05) is 0 Å². The summed E-state index contributed by atoms with van der Waals surface area (Å²) in [7, 11) is 0. The highest BCUT2D eigenvalue weighted by Gasteiger charge is 2.12. The molecule has 0 saturated carbocycles. The fourth-order valence-corrected chi connectivity index (χ4v) is 2.83. The number of halogens is 1. The van der Waals surface area contributed by atoms with E-state index in [4.69, 9.17) is 20.9 Å². The maximum absolute atomic E-state index is 12.3. The van der Waals surface area contributed by atoms with E-state index in [1.807, 2.05) is 32.9 Å². The Kier molecular flexibility index (Phi) is 7.83. The average Bonchev–Trinajstić information content (AvgIpc) is 3.27. The molecule has 2 N–H and O–H groups in total. The summed E-state index contributed by atoms with van der Waals surface area (Å²) >= 11 is 6.02. The van der Waals surface area contributed by atoms with Gasteiger partial charge in [-0.2, -0.15) is 4.98 Å². The second kappa shape index (κ2) is 10.8. The summed E-state index contributed by atoms with van der Waals surface area (Å²) in [5.41, 5.74) is 7.04. The van der Waals surface area contributed by atoms with Crippen molar-refractivity contribution < 1.29 is 18.8 Å². The van der Waals surface area contributed by atoms with Crippen LogP contribution in [0.3, 0.4) is 0 Å². The molecule has 168 valence electrons. The second-order valence-electron chi connectivity index (χ2n) is 7.60. The molecular weight excluding hydrogens is 432 g/mol. The smallest absolute Gasteiger partial charge is 0.269 e. The Labute approximate surface area is 191 Å². The van der Waals surface area contributed by atoms with Crippen molar-refractivity contribution in [3.63, 3.8) is 0 Å². The van der Waals surface area contributed by atoms with E-state index < -0.39 is 5.91 Å². The highest BCUT2D eigenvalue weighted by atomic mass is 35.5. The normalized spacial score (nSPS) is 10.8. The molecule has 0 aliphatic heterocycles. The third kappa shape index (κ3) is 6.55. The molecule has 0 aliphatic rings. The maximum Gasteiger partial charge on any atom is 0.269 e. The Morgan fingerprint density at radius 2 is 1.88 bits per heavy atom. The number of amides is 2. The number of aryl methyl sites for hydroxylation is 2. The van der Waals surface area contributed by atoms with E-state index in [1.54, 1.807) is 30.3 Å². The van der Waals surface area contributed by atoms with Crippen LogP contribution in [-0.2, 0) is 17.8 Å². The Hall–Kier alpha value is -3.39. The minimum atomic E-state index is -0.418. The molecule has 0 bridgehead atoms. The van der Waals surface area contributed by atoms with Crippen LogP contribution < -0.4 is 15.6 Å². The molecular formula is C23H25ClN4O4. The molecule has 0 radical (unpaired) electrons. The van der Waals surface area contributed by atoms with Crippen LogP contribution in [0.2, 0.25) is 5.02 Å². The Bertz CT molecular complexity index is 1080. The highest BCUT2D eigenvalue weighted by molar-refractivity contribution is 6.31. The number of aromatic nitrogens is 2. The summed E-state index contributed by atoms with van der Waals surface area (Å²) in [6, 6.07) is 12.4. The second-order valence-corrected chi connectivity index (χ2v) is 8.01. The number of rotatable bonds is 8. The number of hydrazine groups is 1. The number of carbonyl (C=O) groups excluding carboxylic acids is 2. The lowest BCUT2D eigenvalue weighted by Crippen LogP contribution is -2.41. The fraction of sp³-hybridized carbons (Fsp3) is 0.304. The summed E-state index contributed by atoms with van der Waals surface area (Å²) in [5, 5.41) is 4.54. The van der Waals surface area contributed by atoms with Gasteiger partial charge >= 0.3 is 0 Å². The van der Waals surface area contributed by atoms with Gasteiger partial charge in [-0.3, -0.25) is 20.4 Å². The van der Waals surface area contributed by atoms with E-state index in [1.165, 1.54) is 0 Å². The Balaban J connectivity index is 1.42. The highest BCUT2D eigenvalue weighted by Crippen LogP contribution is 2.22. The van der Waals surface area contributed by atoms with Crippen LogP contribution in [0, 0.1) is 6.92 Å². The van der Waals surface area contributed by atoms with Crippen LogP contribution >= 0.6 is 11.6 Å². The first kappa shape index (κ1) is 23.3. The van der Waals surface area contributed by atoms with Crippen LogP contribution in [0.4, 0.5) is 0 Å². The molecule has 3 rings (SSSR count). The predicted molar refractivity (Wildman–Crippen MR) is 119 cm³/mol. The molecule has 0 spiro atoms. The van der Waals surface area contributed by atoms with Crippen LogP contribution in [0.5, 0.6) is 5.75 Å². The zero-order valence-electron chi connectivity index (χ0n) is 18.1. The van der Waals surface area contributed by atoms with Crippen LogP contribution in [0.25, 0.3) is 0 Å². The van der Waals surface area contributed by atoms with E-state index in [0.29, 0.717) is 35.3 Å². The molecule has 1 aromatic heterocycles. The molecule has 8 nitrogen and oxygen atoms in total. The maximum atomic E-state index is 12.3. The molecule has 0 unspecified atom stereocenters. The third-order valence-corrected chi connectivity index (χ3v) is 5.06. The monoisotopic (exact) mass is 456 g/mol. The summed E-state index contributed by atoms with van der Waals surface area (Å²) in [4.78, 5) is 28.4. The van der Waals surface area contributed by atoms with E-state index in [9.17, 15) is 9.59 Å². The van der Waals surface area contributed by atoms with E-state index in [0.717, 1.165) is 16.9 Å². The van der Waals surface area contributed by atoms with E-state index >= 15 is 0 Å². The molecule has 3 aromatic rings. The molecule has 1 heterocycles.